The lowest BCUT2D eigenvalue weighted by Gasteiger charge is -2.19. The van der Waals surface area contributed by atoms with Gasteiger partial charge in [-0.2, -0.15) is 0 Å². The Bertz CT molecular complexity index is 457. The highest BCUT2D eigenvalue weighted by atomic mass is 19.1. The second kappa shape index (κ2) is 5.18. The van der Waals surface area contributed by atoms with Gasteiger partial charge in [0.2, 0.25) is 5.75 Å². The molecule has 1 rings (SSSR count). The summed E-state index contributed by atoms with van der Waals surface area (Å²) in [6.07, 6.45) is 0. The van der Waals surface area contributed by atoms with Gasteiger partial charge in [0, 0.05) is 11.6 Å². The van der Waals surface area contributed by atoms with E-state index in [1.54, 1.807) is 13.8 Å². The van der Waals surface area contributed by atoms with E-state index >= 15 is 0 Å². The van der Waals surface area contributed by atoms with Gasteiger partial charge in [0.25, 0.3) is 0 Å². The minimum absolute atomic E-state index is 0.0637. The summed E-state index contributed by atoms with van der Waals surface area (Å²) in [6, 6.07) is 1.90. The third-order valence-corrected chi connectivity index (χ3v) is 2.03. The summed E-state index contributed by atoms with van der Waals surface area (Å²) < 4.78 is 23.6. The normalized spacial score (nSPS) is 11.2. The van der Waals surface area contributed by atoms with E-state index < -0.39 is 22.0 Å². The molecule has 0 bridgehead atoms. The molecule has 0 aromatic heterocycles. The molecule has 2 N–H and O–H groups in total. The zero-order valence-corrected chi connectivity index (χ0v) is 10.4. The SMILES string of the molecule is COc1cc(OCC(C)(C)N)c(F)cc1[N+](=O)[O-]. The van der Waals surface area contributed by atoms with Crippen molar-refractivity contribution in [3.8, 4) is 11.5 Å². The van der Waals surface area contributed by atoms with Crippen molar-refractivity contribution < 1.29 is 18.8 Å². The van der Waals surface area contributed by atoms with Crippen molar-refractivity contribution >= 4 is 5.69 Å². The van der Waals surface area contributed by atoms with Gasteiger partial charge in [-0.25, -0.2) is 4.39 Å². The molecule has 0 aliphatic heterocycles. The molecule has 0 fully saturated rings. The van der Waals surface area contributed by atoms with E-state index in [-0.39, 0.29) is 18.1 Å². The van der Waals surface area contributed by atoms with Crippen LogP contribution in [0.2, 0.25) is 0 Å². The number of halogens is 1. The standard InChI is InChI=1S/C11H15FN2O4/c1-11(2,13)6-18-9-5-10(17-3)8(14(15)16)4-7(9)12/h4-5H,6,13H2,1-3H3. The Morgan fingerprint density at radius 1 is 1.44 bits per heavy atom. The van der Waals surface area contributed by atoms with Gasteiger partial charge in [-0.05, 0) is 13.8 Å². The van der Waals surface area contributed by atoms with Gasteiger partial charge in [0.15, 0.2) is 11.6 Å². The maximum absolute atomic E-state index is 13.6. The van der Waals surface area contributed by atoms with Crippen LogP contribution in [0.5, 0.6) is 11.5 Å². The first-order chi connectivity index (χ1) is 8.24. The fraction of sp³-hybridized carbons (Fsp3) is 0.455. The fourth-order valence-electron chi connectivity index (χ4n) is 1.20. The van der Waals surface area contributed by atoms with Crippen molar-refractivity contribution in [2.75, 3.05) is 13.7 Å². The Balaban J connectivity index is 3.04. The summed E-state index contributed by atoms with van der Waals surface area (Å²) >= 11 is 0. The second-order valence-corrected chi connectivity index (χ2v) is 4.49. The van der Waals surface area contributed by atoms with Gasteiger partial charge < -0.3 is 15.2 Å². The number of nitro groups is 1. The molecule has 1 aromatic carbocycles. The van der Waals surface area contributed by atoms with Crippen molar-refractivity contribution in [2.45, 2.75) is 19.4 Å². The largest absolute Gasteiger partial charge is 0.490 e. The fourth-order valence-corrected chi connectivity index (χ4v) is 1.20. The average Bonchev–Trinajstić information content (AvgIpc) is 2.25. The Morgan fingerprint density at radius 3 is 2.50 bits per heavy atom. The van der Waals surface area contributed by atoms with Crippen LogP contribution in [0.15, 0.2) is 12.1 Å². The molecule has 0 saturated carbocycles. The van der Waals surface area contributed by atoms with Crippen LogP contribution in [0.1, 0.15) is 13.8 Å². The topological polar surface area (TPSA) is 87.6 Å². The van der Waals surface area contributed by atoms with Crippen LogP contribution in [-0.4, -0.2) is 24.2 Å². The molecule has 7 heteroatoms. The second-order valence-electron chi connectivity index (χ2n) is 4.49. The lowest BCUT2D eigenvalue weighted by Crippen LogP contribution is -2.38. The van der Waals surface area contributed by atoms with Crippen LogP contribution >= 0.6 is 0 Å². The quantitative estimate of drug-likeness (QED) is 0.643. The molecule has 18 heavy (non-hydrogen) atoms. The van der Waals surface area contributed by atoms with Crippen LogP contribution in [0.4, 0.5) is 10.1 Å². The maximum Gasteiger partial charge on any atom is 0.314 e. The predicted molar refractivity (Wildman–Crippen MR) is 63.4 cm³/mol. The molecule has 6 nitrogen and oxygen atoms in total. The summed E-state index contributed by atoms with van der Waals surface area (Å²) in [7, 11) is 1.26. The van der Waals surface area contributed by atoms with Crippen LogP contribution in [0.3, 0.4) is 0 Å². The van der Waals surface area contributed by atoms with Crippen LogP contribution < -0.4 is 15.2 Å². The summed E-state index contributed by atoms with van der Waals surface area (Å²) in [5.74, 6) is -1.02. The molecule has 0 unspecified atom stereocenters. The molecule has 0 aliphatic rings. The zero-order chi connectivity index (χ0) is 13.9. The zero-order valence-electron chi connectivity index (χ0n) is 10.4. The van der Waals surface area contributed by atoms with E-state index in [1.807, 2.05) is 0 Å². The highest BCUT2D eigenvalue weighted by Gasteiger charge is 2.21. The van der Waals surface area contributed by atoms with Crippen LogP contribution in [0.25, 0.3) is 0 Å². The maximum atomic E-state index is 13.6. The number of hydrogen-bond donors (Lipinski definition) is 1. The van der Waals surface area contributed by atoms with Crippen molar-refractivity contribution in [1.82, 2.24) is 0 Å². The minimum Gasteiger partial charge on any atom is -0.490 e. The van der Waals surface area contributed by atoms with Gasteiger partial charge >= 0.3 is 5.69 Å². The smallest absolute Gasteiger partial charge is 0.314 e. The van der Waals surface area contributed by atoms with Gasteiger partial charge in [-0.15, -0.1) is 0 Å². The van der Waals surface area contributed by atoms with Gasteiger partial charge in [-0.3, -0.25) is 10.1 Å². The minimum atomic E-state index is -0.827. The lowest BCUT2D eigenvalue weighted by atomic mass is 10.1. The third-order valence-electron chi connectivity index (χ3n) is 2.03. The van der Waals surface area contributed by atoms with Crippen LogP contribution in [0, 0.1) is 15.9 Å². The van der Waals surface area contributed by atoms with Crippen molar-refractivity contribution in [3.05, 3.63) is 28.1 Å². The summed E-state index contributed by atoms with van der Waals surface area (Å²) in [5, 5.41) is 10.7. The number of rotatable bonds is 5. The molecule has 0 radical (unpaired) electrons. The molecular weight excluding hydrogens is 243 g/mol. The number of benzene rings is 1. The van der Waals surface area contributed by atoms with Gasteiger partial charge in [-0.1, -0.05) is 0 Å². The molecule has 0 heterocycles. The number of methoxy groups -OCH3 is 1. The summed E-state index contributed by atoms with van der Waals surface area (Å²) in [6.45, 7) is 3.51. The number of nitro benzene ring substituents is 1. The molecular formula is C11H15FN2O4. The van der Waals surface area contributed by atoms with E-state index in [9.17, 15) is 14.5 Å². The summed E-state index contributed by atoms with van der Waals surface area (Å²) in [4.78, 5) is 9.94. The average molecular weight is 258 g/mol. The van der Waals surface area contributed by atoms with Crippen molar-refractivity contribution in [3.63, 3.8) is 0 Å². The first kappa shape index (κ1) is 14.2. The van der Waals surface area contributed by atoms with E-state index in [0.717, 1.165) is 12.1 Å². The molecule has 1 aromatic rings. The number of nitrogens with zero attached hydrogens (tertiary/aromatic N) is 1. The third kappa shape index (κ3) is 3.56. The number of nitrogens with two attached hydrogens (primary N) is 1. The Hall–Kier alpha value is -1.89. The number of hydrogen-bond acceptors (Lipinski definition) is 5. The molecule has 0 atom stereocenters. The molecule has 0 aliphatic carbocycles. The number of ether oxygens (including phenoxy) is 2. The Kier molecular flexibility index (Phi) is 4.07. The lowest BCUT2D eigenvalue weighted by molar-refractivity contribution is -0.386. The monoisotopic (exact) mass is 258 g/mol. The van der Waals surface area contributed by atoms with E-state index in [2.05, 4.69) is 0 Å². The van der Waals surface area contributed by atoms with Crippen molar-refractivity contribution in [1.29, 1.82) is 0 Å². The van der Waals surface area contributed by atoms with E-state index in [1.165, 1.54) is 7.11 Å². The summed E-state index contributed by atoms with van der Waals surface area (Å²) in [5.41, 5.74) is 4.61. The first-order valence-corrected chi connectivity index (χ1v) is 5.18. The molecule has 0 saturated heterocycles. The molecule has 0 spiro atoms. The molecule has 0 amide bonds. The first-order valence-electron chi connectivity index (χ1n) is 5.18. The van der Waals surface area contributed by atoms with E-state index in [0.29, 0.717) is 0 Å². The van der Waals surface area contributed by atoms with Crippen LogP contribution in [-0.2, 0) is 0 Å². The van der Waals surface area contributed by atoms with Gasteiger partial charge in [0.05, 0.1) is 18.1 Å². The molecule has 100 valence electrons. The van der Waals surface area contributed by atoms with E-state index in [4.69, 9.17) is 15.2 Å². The highest BCUT2D eigenvalue weighted by Crippen LogP contribution is 2.33. The predicted octanol–water partition coefficient (Wildman–Crippen LogP) is 1.86. The Morgan fingerprint density at radius 2 is 2.06 bits per heavy atom. The van der Waals surface area contributed by atoms with Crippen molar-refractivity contribution in [2.24, 2.45) is 5.73 Å². The highest BCUT2D eigenvalue weighted by molar-refractivity contribution is 5.51. The van der Waals surface area contributed by atoms with Gasteiger partial charge in [0.1, 0.15) is 6.61 Å². The Labute approximate surface area is 104 Å².